The van der Waals surface area contributed by atoms with Crippen LogP contribution in [0, 0.1) is 0 Å². The zero-order valence-electron chi connectivity index (χ0n) is 17.6. The molecule has 1 saturated carbocycles. The number of anilines is 1. The first-order chi connectivity index (χ1) is 14.3. The van der Waals surface area contributed by atoms with Crippen molar-refractivity contribution in [1.82, 2.24) is 5.32 Å². The Balaban J connectivity index is 1.50. The minimum absolute atomic E-state index is 0.451. The molecule has 7 heteroatoms. The van der Waals surface area contributed by atoms with Crippen LogP contribution >= 0.6 is 0 Å². The summed E-state index contributed by atoms with van der Waals surface area (Å²) >= 11 is 0. The fourth-order valence-corrected chi connectivity index (χ4v) is 3.53. The number of hydrogen-bond acceptors (Lipinski definition) is 5. The summed E-state index contributed by atoms with van der Waals surface area (Å²) in [7, 11) is 1.69. The summed E-state index contributed by atoms with van der Waals surface area (Å²) in [6.45, 7) is 4.14. The molecule has 162 valence electrons. The van der Waals surface area contributed by atoms with E-state index in [0.717, 1.165) is 42.6 Å². The minimum Gasteiger partial charge on any atom is -0.490 e. The Morgan fingerprint density at radius 1 is 1.07 bits per heavy atom. The van der Waals surface area contributed by atoms with E-state index in [2.05, 4.69) is 10.6 Å². The first-order valence-electron chi connectivity index (χ1n) is 10.9. The third-order valence-corrected chi connectivity index (χ3v) is 5.09. The lowest BCUT2D eigenvalue weighted by Gasteiger charge is -2.21. The average Bonchev–Trinajstić information content (AvgIpc) is 2.99. The van der Waals surface area contributed by atoms with Gasteiger partial charge in [-0.05, 0) is 31.4 Å². The Labute approximate surface area is 174 Å². The zero-order chi connectivity index (χ0) is 20.2. The highest BCUT2D eigenvalue weighted by Gasteiger charge is 2.13. The molecule has 1 aromatic carbocycles. The molecule has 29 heavy (non-hydrogen) atoms. The summed E-state index contributed by atoms with van der Waals surface area (Å²) in [6, 6.07) is 5.88. The lowest BCUT2D eigenvalue weighted by atomic mass is 9.98. The Morgan fingerprint density at radius 2 is 1.90 bits per heavy atom. The zero-order valence-corrected chi connectivity index (χ0v) is 17.6. The molecule has 1 fully saturated rings. The molecular weight excluding hydrogens is 370 g/mol. The van der Waals surface area contributed by atoms with Crippen LogP contribution in [0.25, 0.3) is 0 Å². The van der Waals surface area contributed by atoms with Crippen LogP contribution in [0.5, 0.6) is 11.5 Å². The van der Waals surface area contributed by atoms with Gasteiger partial charge in [-0.25, -0.2) is 0 Å². The molecule has 0 spiro atoms. The van der Waals surface area contributed by atoms with Gasteiger partial charge in [0.2, 0.25) is 0 Å². The van der Waals surface area contributed by atoms with Gasteiger partial charge in [-0.3, -0.25) is 4.99 Å². The molecule has 2 N–H and O–H groups in total. The molecule has 1 heterocycles. The van der Waals surface area contributed by atoms with E-state index in [1.165, 1.54) is 32.1 Å². The standard InChI is InChI=1S/C22H35N3O4/c1-26-16-12-24-22(23-11-5-13-27-19-7-3-2-4-8-19)25-18-9-10-20-21(17-18)29-15-6-14-28-20/h9-10,17,19H,2-8,11-16H2,1H3,(H2,23,24,25). The van der Waals surface area contributed by atoms with Crippen LogP contribution in [-0.4, -0.2) is 58.7 Å². The summed E-state index contributed by atoms with van der Waals surface area (Å²) in [5.74, 6) is 2.29. The van der Waals surface area contributed by atoms with Crippen LogP contribution < -0.4 is 20.1 Å². The normalized spacial score (nSPS) is 17.6. The SMILES string of the molecule is COCCNC(=NCCCOC1CCCCC1)Nc1ccc2c(c1)OCCCO2. The second-order valence-corrected chi connectivity index (χ2v) is 7.47. The van der Waals surface area contributed by atoms with Crippen LogP contribution in [-0.2, 0) is 9.47 Å². The van der Waals surface area contributed by atoms with Crippen LogP contribution in [0.1, 0.15) is 44.9 Å². The molecule has 2 aliphatic rings. The van der Waals surface area contributed by atoms with Crippen molar-refractivity contribution in [1.29, 1.82) is 0 Å². The predicted molar refractivity (Wildman–Crippen MR) is 115 cm³/mol. The lowest BCUT2D eigenvalue weighted by molar-refractivity contribution is 0.0281. The summed E-state index contributed by atoms with van der Waals surface area (Å²) in [4.78, 5) is 4.69. The number of ether oxygens (including phenoxy) is 4. The molecule has 0 atom stereocenters. The number of rotatable bonds is 9. The monoisotopic (exact) mass is 405 g/mol. The van der Waals surface area contributed by atoms with Crippen LogP contribution in [0.15, 0.2) is 23.2 Å². The second kappa shape index (κ2) is 12.5. The van der Waals surface area contributed by atoms with Crippen molar-refractivity contribution >= 4 is 11.6 Å². The molecule has 0 radical (unpaired) electrons. The van der Waals surface area contributed by atoms with Gasteiger partial charge in [-0.2, -0.15) is 0 Å². The number of nitrogens with one attached hydrogen (secondary N) is 2. The Kier molecular flexibility index (Phi) is 9.39. The maximum Gasteiger partial charge on any atom is 0.195 e. The van der Waals surface area contributed by atoms with Gasteiger partial charge in [-0.15, -0.1) is 0 Å². The lowest BCUT2D eigenvalue weighted by Crippen LogP contribution is -2.33. The highest BCUT2D eigenvalue weighted by atomic mass is 16.5. The Hall–Kier alpha value is -1.99. The minimum atomic E-state index is 0.451. The quantitative estimate of drug-likeness (QED) is 0.372. The van der Waals surface area contributed by atoms with Crippen molar-refractivity contribution in [2.24, 2.45) is 4.99 Å². The van der Waals surface area contributed by atoms with Gasteiger partial charge < -0.3 is 29.6 Å². The number of benzene rings is 1. The third kappa shape index (κ3) is 7.74. The van der Waals surface area contributed by atoms with Crippen molar-refractivity contribution in [3.05, 3.63) is 18.2 Å². The van der Waals surface area contributed by atoms with Crippen molar-refractivity contribution in [3.63, 3.8) is 0 Å². The highest BCUT2D eigenvalue weighted by molar-refractivity contribution is 5.93. The fraction of sp³-hybridized carbons (Fsp3) is 0.682. The van der Waals surface area contributed by atoms with E-state index < -0.39 is 0 Å². The van der Waals surface area contributed by atoms with Crippen molar-refractivity contribution < 1.29 is 18.9 Å². The topological polar surface area (TPSA) is 73.3 Å². The Bertz CT molecular complexity index is 632. The number of fused-ring (bicyclic) bond motifs is 1. The smallest absolute Gasteiger partial charge is 0.195 e. The maximum atomic E-state index is 6.00. The number of nitrogens with zero attached hydrogens (tertiary/aromatic N) is 1. The average molecular weight is 406 g/mol. The van der Waals surface area contributed by atoms with Gasteiger partial charge in [0.05, 0.1) is 25.9 Å². The summed E-state index contributed by atoms with van der Waals surface area (Å²) in [6.07, 6.45) is 8.63. The highest BCUT2D eigenvalue weighted by Crippen LogP contribution is 2.32. The molecule has 0 unspecified atom stereocenters. The van der Waals surface area contributed by atoms with Crippen LogP contribution in [0.4, 0.5) is 5.69 Å². The molecule has 1 aliphatic heterocycles. The molecule has 0 amide bonds. The largest absolute Gasteiger partial charge is 0.490 e. The number of guanidine groups is 1. The fourth-order valence-electron chi connectivity index (χ4n) is 3.53. The van der Waals surface area contributed by atoms with Crippen LogP contribution in [0.3, 0.4) is 0 Å². The first-order valence-corrected chi connectivity index (χ1v) is 10.9. The third-order valence-electron chi connectivity index (χ3n) is 5.09. The first kappa shape index (κ1) is 21.7. The van der Waals surface area contributed by atoms with Gasteiger partial charge in [-0.1, -0.05) is 19.3 Å². The van der Waals surface area contributed by atoms with E-state index in [4.69, 9.17) is 23.9 Å². The van der Waals surface area contributed by atoms with Crippen LogP contribution in [0.2, 0.25) is 0 Å². The molecule has 0 bridgehead atoms. The molecule has 1 aliphatic carbocycles. The van der Waals surface area contributed by atoms with Crippen molar-refractivity contribution in [2.45, 2.75) is 51.0 Å². The van der Waals surface area contributed by atoms with E-state index in [-0.39, 0.29) is 0 Å². The van der Waals surface area contributed by atoms with Crippen molar-refractivity contribution in [3.8, 4) is 11.5 Å². The second-order valence-electron chi connectivity index (χ2n) is 7.47. The number of hydrogen-bond donors (Lipinski definition) is 2. The molecule has 0 aromatic heterocycles. The molecule has 7 nitrogen and oxygen atoms in total. The van der Waals surface area contributed by atoms with E-state index in [0.29, 0.717) is 39.0 Å². The summed E-state index contributed by atoms with van der Waals surface area (Å²) in [5, 5.41) is 6.66. The summed E-state index contributed by atoms with van der Waals surface area (Å²) in [5.41, 5.74) is 0.913. The van der Waals surface area contributed by atoms with E-state index in [1.807, 2.05) is 18.2 Å². The van der Waals surface area contributed by atoms with Gasteiger partial charge in [0.25, 0.3) is 0 Å². The van der Waals surface area contributed by atoms with Gasteiger partial charge in [0, 0.05) is 45.0 Å². The van der Waals surface area contributed by atoms with E-state index in [1.54, 1.807) is 7.11 Å². The number of methoxy groups -OCH3 is 1. The number of aliphatic imine (C=N–C) groups is 1. The molecular formula is C22H35N3O4. The van der Waals surface area contributed by atoms with Crippen molar-refractivity contribution in [2.75, 3.05) is 51.9 Å². The van der Waals surface area contributed by atoms with E-state index in [9.17, 15) is 0 Å². The molecule has 3 rings (SSSR count). The van der Waals surface area contributed by atoms with Gasteiger partial charge in [0.15, 0.2) is 17.5 Å². The van der Waals surface area contributed by atoms with E-state index >= 15 is 0 Å². The molecule has 0 saturated heterocycles. The van der Waals surface area contributed by atoms with Gasteiger partial charge >= 0.3 is 0 Å². The predicted octanol–water partition coefficient (Wildman–Crippen LogP) is 3.59. The van der Waals surface area contributed by atoms with Gasteiger partial charge in [0.1, 0.15) is 0 Å². The molecule has 1 aromatic rings. The maximum absolute atomic E-state index is 6.00. The summed E-state index contributed by atoms with van der Waals surface area (Å²) < 4.78 is 22.6. The Morgan fingerprint density at radius 3 is 2.72 bits per heavy atom.